The number of fused-ring (bicyclic) bond motifs is 1. The zero-order valence-electron chi connectivity index (χ0n) is 18.4. The van der Waals surface area contributed by atoms with Crippen LogP contribution in [-0.2, 0) is 0 Å². The molecule has 4 aromatic rings. The molecule has 0 N–H and O–H groups in total. The van der Waals surface area contributed by atoms with Gasteiger partial charge in [0, 0.05) is 0 Å². The maximum atomic E-state index is 6.35. The molecule has 0 fully saturated rings. The zero-order chi connectivity index (χ0) is 21.6. The number of benzene rings is 2. The Bertz CT molecular complexity index is 1120. The second kappa shape index (κ2) is 10.2. The van der Waals surface area contributed by atoms with E-state index in [-0.39, 0.29) is 0 Å². The van der Waals surface area contributed by atoms with Gasteiger partial charge in [-0.2, -0.15) is 0 Å². The third kappa shape index (κ3) is 4.85. The third-order valence-corrected chi connectivity index (χ3v) is 8.54. The first kappa shape index (κ1) is 21.6. The van der Waals surface area contributed by atoms with E-state index in [1.807, 2.05) is 30.3 Å². The molecule has 0 aliphatic carbocycles. The first-order chi connectivity index (χ1) is 15.2. The van der Waals surface area contributed by atoms with E-state index in [1.54, 1.807) is 13.4 Å². The monoisotopic (exact) mass is 476 g/mol. The number of ether oxygens (including phenoxy) is 1. The summed E-state index contributed by atoms with van der Waals surface area (Å²) in [5, 5.41) is 1.08. The molecule has 0 spiro atoms. The molecule has 0 aliphatic heterocycles. The van der Waals surface area contributed by atoms with Crippen LogP contribution in [-0.4, -0.2) is 32.8 Å². The van der Waals surface area contributed by atoms with Crippen molar-refractivity contribution in [2.75, 3.05) is 7.11 Å². The molecule has 0 bridgehead atoms. The molecule has 2 aromatic heterocycles. The Labute approximate surface area is 190 Å². The quantitative estimate of drug-likeness (QED) is 0.219. The molecule has 160 valence electrons. The average molecular weight is 476 g/mol. The fourth-order valence-electron chi connectivity index (χ4n) is 3.87. The van der Waals surface area contributed by atoms with Crippen molar-refractivity contribution in [1.82, 2.24) is 9.97 Å². The van der Waals surface area contributed by atoms with Crippen LogP contribution in [0.3, 0.4) is 0 Å². The van der Waals surface area contributed by atoms with Crippen molar-refractivity contribution in [1.29, 1.82) is 0 Å². The fourth-order valence-corrected chi connectivity index (χ4v) is 6.65. The molecule has 2 heterocycles. The molecule has 2 atom stereocenters. The van der Waals surface area contributed by atoms with Gasteiger partial charge in [-0.25, -0.2) is 0 Å². The molecule has 0 aliphatic rings. The van der Waals surface area contributed by atoms with Crippen molar-refractivity contribution in [3.8, 4) is 28.2 Å². The predicted molar refractivity (Wildman–Crippen MR) is 130 cm³/mol. The van der Waals surface area contributed by atoms with Gasteiger partial charge in [0.2, 0.25) is 0 Å². The SMILES string of the molecule is CCCCCC(C)[AsH]c1ncnc2oc(-c3ccccc3)c(-c3ccc(OC)cc3)c12. The van der Waals surface area contributed by atoms with Crippen LogP contribution < -0.4 is 9.22 Å². The molecule has 5 heteroatoms. The van der Waals surface area contributed by atoms with Gasteiger partial charge < -0.3 is 0 Å². The van der Waals surface area contributed by atoms with E-state index in [0.717, 1.165) is 33.6 Å². The fraction of sp³-hybridized carbons (Fsp3) is 0.308. The molecule has 2 aromatic carbocycles. The molecular weight excluding hydrogens is 447 g/mol. The number of aromatic nitrogens is 2. The van der Waals surface area contributed by atoms with Crippen LogP contribution in [0.1, 0.15) is 39.5 Å². The van der Waals surface area contributed by atoms with Crippen molar-refractivity contribution in [2.45, 2.75) is 44.2 Å². The Morgan fingerprint density at radius 2 is 1.74 bits per heavy atom. The summed E-state index contributed by atoms with van der Waals surface area (Å²) in [6.07, 6.45) is 6.78. The Morgan fingerprint density at radius 3 is 2.45 bits per heavy atom. The van der Waals surface area contributed by atoms with Crippen LogP contribution >= 0.6 is 0 Å². The van der Waals surface area contributed by atoms with Gasteiger partial charge in [0.25, 0.3) is 0 Å². The van der Waals surface area contributed by atoms with Gasteiger partial charge in [0.1, 0.15) is 0 Å². The zero-order valence-corrected chi connectivity index (χ0v) is 20.5. The first-order valence-electron chi connectivity index (χ1n) is 10.9. The van der Waals surface area contributed by atoms with Gasteiger partial charge in [0.15, 0.2) is 0 Å². The van der Waals surface area contributed by atoms with Crippen LogP contribution in [0.4, 0.5) is 0 Å². The van der Waals surface area contributed by atoms with Crippen molar-refractivity contribution >= 4 is 31.3 Å². The molecule has 0 saturated heterocycles. The van der Waals surface area contributed by atoms with E-state index in [1.165, 1.54) is 30.2 Å². The summed E-state index contributed by atoms with van der Waals surface area (Å²) in [6.45, 7) is 4.63. The molecule has 4 nitrogen and oxygen atoms in total. The number of methoxy groups -OCH3 is 1. The number of nitrogens with zero attached hydrogens (tertiary/aromatic N) is 2. The molecular formula is C26H29AsN2O2. The topological polar surface area (TPSA) is 48.2 Å². The van der Waals surface area contributed by atoms with Gasteiger partial charge in [0.05, 0.1) is 0 Å². The minimum atomic E-state index is -0.428. The van der Waals surface area contributed by atoms with Crippen LogP contribution in [0.2, 0.25) is 4.71 Å². The Kier molecular flexibility index (Phi) is 7.09. The van der Waals surface area contributed by atoms with E-state index in [4.69, 9.17) is 14.1 Å². The Hall–Kier alpha value is -2.58. The van der Waals surface area contributed by atoms with Crippen molar-refractivity contribution in [3.05, 3.63) is 60.9 Å². The summed E-state index contributed by atoms with van der Waals surface area (Å²) >= 11 is -0.428. The van der Waals surface area contributed by atoms with E-state index in [0.29, 0.717) is 10.4 Å². The normalized spacial score (nSPS) is 12.6. The summed E-state index contributed by atoms with van der Waals surface area (Å²) in [7, 11) is 1.69. The summed E-state index contributed by atoms with van der Waals surface area (Å²) in [4.78, 5) is 9.27. The van der Waals surface area contributed by atoms with Crippen LogP contribution in [0.5, 0.6) is 5.75 Å². The van der Waals surface area contributed by atoms with Gasteiger partial charge in [-0.1, -0.05) is 0 Å². The molecule has 4 rings (SSSR count). The van der Waals surface area contributed by atoms with E-state index < -0.39 is 15.8 Å². The number of rotatable bonds is 9. The summed E-state index contributed by atoms with van der Waals surface area (Å²) in [5.74, 6) is 1.69. The second-order valence-corrected chi connectivity index (χ2v) is 11.5. The predicted octanol–water partition coefficient (Wildman–Crippen LogP) is 6.02. The third-order valence-electron chi connectivity index (χ3n) is 5.53. The number of unbranched alkanes of at least 4 members (excludes halogenated alkanes) is 2. The van der Waals surface area contributed by atoms with Crippen molar-refractivity contribution in [2.24, 2.45) is 0 Å². The first-order valence-corrected chi connectivity index (χ1v) is 13.2. The summed E-state index contributed by atoms with van der Waals surface area (Å²) in [5.41, 5.74) is 3.91. The average Bonchev–Trinajstić information content (AvgIpc) is 3.20. The second-order valence-electron chi connectivity index (χ2n) is 7.84. The van der Waals surface area contributed by atoms with E-state index >= 15 is 0 Å². The van der Waals surface area contributed by atoms with Crippen molar-refractivity contribution in [3.63, 3.8) is 0 Å². The van der Waals surface area contributed by atoms with Crippen molar-refractivity contribution < 1.29 is 9.15 Å². The molecule has 0 saturated carbocycles. The number of hydrogen-bond donors (Lipinski definition) is 0. The van der Waals surface area contributed by atoms with Gasteiger partial charge in [-0.15, -0.1) is 0 Å². The standard InChI is InChI=1S/C26H29AsN2O2/c1-4-5-7-10-18(2)27-25-23-22(19-13-15-21(30-3)16-14-19)24(20-11-8-6-9-12-20)31-26(23)29-17-28-25/h6,8-9,11-18,27H,4-5,7,10H2,1-3H3. The Balaban J connectivity index is 1.84. The minimum absolute atomic E-state index is 0.428. The van der Waals surface area contributed by atoms with Crippen LogP contribution in [0.25, 0.3) is 33.6 Å². The Morgan fingerprint density at radius 1 is 0.968 bits per heavy atom. The van der Waals surface area contributed by atoms with E-state index in [9.17, 15) is 0 Å². The summed E-state index contributed by atoms with van der Waals surface area (Å²) in [6, 6.07) is 18.4. The van der Waals surface area contributed by atoms with Crippen LogP contribution in [0, 0.1) is 0 Å². The molecule has 0 radical (unpaired) electrons. The molecule has 2 unspecified atom stereocenters. The molecule has 31 heavy (non-hydrogen) atoms. The number of hydrogen-bond acceptors (Lipinski definition) is 4. The molecule has 0 amide bonds. The van der Waals surface area contributed by atoms with Gasteiger partial charge in [-0.05, 0) is 0 Å². The van der Waals surface area contributed by atoms with Gasteiger partial charge >= 0.3 is 191 Å². The maximum absolute atomic E-state index is 6.35. The van der Waals surface area contributed by atoms with E-state index in [2.05, 4.69) is 43.1 Å². The van der Waals surface area contributed by atoms with Crippen LogP contribution in [0.15, 0.2) is 65.3 Å². The van der Waals surface area contributed by atoms with Gasteiger partial charge in [-0.3, -0.25) is 0 Å². The summed E-state index contributed by atoms with van der Waals surface area (Å²) < 4.78 is 13.6. The number of furan rings is 1.